The molecule has 160 valence electrons. The fourth-order valence-corrected chi connectivity index (χ4v) is 4.96. The van der Waals surface area contributed by atoms with E-state index >= 15 is 0 Å². The Bertz CT molecular complexity index is 989. The molecule has 1 fully saturated rings. The molecule has 1 amide bonds. The lowest BCUT2D eigenvalue weighted by atomic mass is 10.1. The first-order chi connectivity index (χ1) is 14.5. The van der Waals surface area contributed by atoms with Gasteiger partial charge in [-0.25, -0.2) is 0 Å². The Morgan fingerprint density at radius 1 is 1.20 bits per heavy atom. The monoisotopic (exact) mass is 426 g/mol. The van der Waals surface area contributed by atoms with Crippen molar-refractivity contribution >= 4 is 27.5 Å². The van der Waals surface area contributed by atoms with E-state index in [1.807, 2.05) is 35.9 Å². The summed E-state index contributed by atoms with van der Waals surface area (Å²) in [6, 6.07) is 12.2. The lowest BCUT2D eigenvalue weighted by Gasteiger charge is -2.31. The first kappa shape index (κ1) is 21.0. The van der Waals surface area contributed by atoms with Gasteiger partial charge >= 0.3 is 0 Å². The first-order valence-electron chi connectivity index (χ1n) is 10.6. The third-order valence-corrected chi connectivity index (χ3v) is 6.57. The third-order valence-electron chi connectivity index (χ3n) is 5.42. The number of hydrogen-bond donors (Lipinski definition) is 1. The maximum atomic E-state index is 13.2. The third kappa shape index (κ3) is 4.74. The quantitative estimate of drug-likeness (QED) is 0.623. The fraction of sp³-hybridized carbons (Fsp3) is 0.478. The average Bonchev–Trinajstić information content (AvgIpc) is 3.30. The second kappa shape index (κ2) is 9.29. The van der Waals surface area contributed by atoms with Crippen LogP contribution >= 0.6 is 11.3 Å². The van der Waals surface area contributed by atoms with Crippen molar-refractivity contribution < 1.29 is 9.53 Å². The average molecular weight is 427 g/mol. The molecule has 1 aromatic carbocycles. The van der Waals surface area contributed by atoms with Crippen LogP contribution in [-0.4, -0.2) is 53.4 Å². The van der Waals surface area contributed by atoms with Crippen LogP contribution in [-0.2, 0) is 11.3 Å². The van der Waals surface area contributed by atoms with E-state index in [4.69, 9.17) is 4.74 Å². The number of aromatic nitrogens is 2. The normalized spacial score (nSPS) is 16.3. The van der Waals surface area contributed by atoms with Crippen molar-refractivity contribution in [1.29, 1.82) is 0 Å². The number of aryl methyl sites for hydroxylation is 1. The highest BCUT2D eigenvalue weighted by molar-refractivity contribution is 7.20. The maximum Gasteiger partial charge on any atom is 0.261 e. The minimum atomic E-state index is -0.0599. The number of thiophene rings is 1. The smallest absolute Gasteiger partial charge is 0.261 e. The van der Waals surface area contributed by atoms with Crippen molar-refractivity contribution in [2.75, 3.05) is 32.8 Å². The molecule has 0 unspecified atom stereocenters. The van der Waals surface area contributed by atoms with Crippen molar-refractivity contribution in [3.05, 3.63) is 52.5 Å². The van der Waals surface area contributed by atoms with Gasteiger partial charge in [0.2, 0.25) is 0 Å². The number of hydrogen-bond acceptors (Lipinski definition) is 5. The molecule has 7 heteroatoms. The summed E-state index contributed by atoms with van der Waals surface area (Å²) < 4.78 is 7.52. The molecule has 0 radical (unpaired) electrons. The Morgan fingerprint density at radius 3 is 2.63 bits per heavy atom. The Balaban J connectivity index is 1.55. The Morgan fingerprint density at radius 2 is 1.93 bits per heavy atom. The van der Waals surface area contributed by atoms with Gasteiger partial charge in [0.25, 0.3) is 5.91 Å². The van der Waals surface area contributed by atoms with Crippen LogP contribution in [0.4, 0.5) is 0 Å². The zero-order valence-electron chi connectivity index (χ0n) is 17.9. The number of amides is 1. The van der Waals surface area contributed by atoms with Gasteiger partial charge in [-0.05, 0) is 24.5 Å². The van der Waals surface area contributed by atoms with Crippen LogP contribution in [0.25, 0.3) is 10.2 Å². The first-order valence-corrected chi connectivity index (χ1v) is 11.5. The van der Waals surface area contributed by atoms with Crippen LogP contribution in [0.15, 0.2) is 36.4 Å². The standard InChI is InChI=1S/C23H30N4O2S/c1-16(2)14-27-23-19(17(3)25-27)13-21(30-23)22(28)24-20(18-7-5-4-6-8-18)15-26-9-11-29-12-10-26/h4-8,13,16,20H,9-12,14-15H2,1-3H3,(H,24,28)/t20-/m1/s1. The molecule has 30 heavy (non-hydrogen) atoms. The lowest BCUT2D eigenvalue weighted by molar-refractivity contribution is 0.0332. The molecule has 0 saturated carbocycles. The summed E-state index contributed by atoms with van der Waals surface area (Å²) in [4.78, 5) is 17.4. The Kier molecular flexibility index (Phi) is 6.51. The number of morpholine rings is 1. The highest BCUT2D eigenvalue weighted by atomic mass is 32.1. The molecular formula is C23H30N4O2S. The van der Waals surface area contributed by atoms with Crippen molar-refractivity contribution in [3.63, 3.8) is 0 Å². The molecule has 3 heterocycles. The Hall–Kier alpha value is -2.22. The van der Waals surface area contributed by atoms with E-state index in [1.54, 1.807) is 0 Å². The van der Waals surface area contributed by atoms with E-state index in [0.29, 0.717) is 5.92 Å². The zero-order valence-corrected chi connectivity index (χ0v) is 18.7. The summed E-state index contributed by atoms with van der Waals surface area (Å²) in [6.07, 6.45) is 0. The Labute approximate surface area is 181 Å². The highest BCUT2D eigenvalue weighted by Gasteiger charge is 2.23. The number of benzene rings is 1. The van der Waals surface area contributed by atoms with E-state index in [1.165, 1.54) is 11.3 Å². The zero-order chi connectivity index (χ0) is 21.1. The molecule has 1 aliphatic heterocycles. The van der Waals surface area contributed by atoms with Gasteiger partial charge in [0.1, 0.15) is 4.83 Å². The number of nitrogens with one attached hydrogen (secondary N) is 1. The molecule has 6 nitrogen and oxygen atoms in total. The summed E-state index contributed by atoms with van der Waals surface area (Å²) in [5.74, 6) is 0.483. The van der Waals surface area contributed by atoms with Crippen molar-refractivity contribution in [1.82, 2.24) is 20.0 Å². The van der Waals surface area contributed by atoms with Gasteiger partial charge in [-0.3, -0.25) is 14.4 Å². The van der Waals surface area contributed by atoms with E-state index in [9.17, 15) is 4.79 Å². The van der Waals surface area contributed by atoms with Crippen molar-refractivity contribution in [2.45, 2.75) is 33.4 Å². The van der Waals surface area contributed by atoms with Gasteiger partial charge in [-0.15, -0.1) is 11.3 Å². The molecule has 0 bridgehead atoms. The van der Waals surface area contributed by atoms with Crippen LogP contribution < -0.4 is 5.32 Å². The van der Waals surface area contributed by atoms with E-state index < -0.39 is 0 Å². The predicted molar refractivity (Wildman–Crippen MR) is 121 cm³/mol. The summed E-state index contributed by atoms with van der Waals surface area (Å²) in [5.41, 5.74) is 2.11. The molecule has 3 aromatic rings. The van der Waals surface area contributed by atoms with Crippen LogP contribution in [0.5, 0.6) is 0 Å². The van der Waals surface area contributed by atoms with Crippen LogP contribution in [0, 0.1) is 12.8 Å². The van der Waals surface area contributed by atoms with Gasteiger partial charge in [0.05, 0.1) is 29.8 Å². The summed E-state index contributed by atoms with van der Waals surface area (Å²) in [6.45, 7) is 11.3. The van der Waals surface area contributed by atoms with E-state index in [0.717, 1.165) is 65.7 Å². The molecule has 4 rings (SSSR count). The largest absolute Gasteiger partial charge is 0.379 e. The molecule has 1 atom stereocenters. The summed E-state index contributed by atoms with van der Waals surface area (Å²) in [7, 11) is 0. The number of carbonyl (C=O) groups excluding carboxylic acids is 1. The maximum absolute atomic E-state index is 13.2. The number of rotatable bonds is 7. The summed E-state index contributed by atoms with van der Waals surface area (Å²) >= 11 is 1.53. The lowest BCUT2D eigenvalue weighted by Crippen LogP contribution is -2.43. The number of fused-ring (bicyclic) bond motifs is 1. The van der Waals surface area contributed by atoms with Crippen LogP contribution in [0.1, 0.15) is 40.8 Å². The van der Waals surface area contributed by atoms with Crippen molar-refractivity contribution in [2.24, 2.45) is 5.92 Å². The molecule has 2 aromatic heterocycles. The van der Waals surface area contributed by atoms with Crippen LogP contribution in [0.3, 0.4) is 0 Å². The van der Waals surface area contributed by atoms with Gasteiger partial charge in [0, 0.05) is 31.6 Å². The number of nitrogens with zero attached hydrogens (tertiary/aromatic N) is 3. The fourth-order valence-electron chi connectivity index (χ4n) is 3.89. The minimum absolute atomic E-state index is 0.0196. The topological polar surface area (TPSA) is 59.4 Å². The van der Waals surface area contributed by atoms with Crippen molar-refractivity contribution in [3.8, 4) is 0 Å². The van der Waals surface area contributed by atoms with Gasteiger partial charge in [-0.1, -0.05) is 44.2 Å². The molecule has 1 saturated heterocycles. The second-order valence-electron chi connectivity index (χ2n) is 8.34. The minimum Gasteiger partial charge on any atom is -0.379 e. The number of ether oxygens (including phenoxy) is 1. The van der Waals surface area contributed by atoms with Crippen LogP contribution in [0.2, 0.25) is 0 Å². The highest BCUT2D eigenvalue weighted by Crippen LogP contribution is 2.29. The molecular weight excluding hydrogens is 396 g/mol. The van der Waals surface area contributed by atoms with E-state index in [-0.39, 0.29) is 11.9 Å². The van der Waals surface area contributed by atoms with E-state index in [2.05, 4.69) is 41.3 Å². The van der Waals surface area contributed by atoms with Gasteiger partial charge < -0.3 is 10.1 Å². The summed E-state index contributed by atoms with van der Waals surface area (Å²) in [5, 5.41) is 9.02. The van der Waals surface area contributed by atoms with Gasteiger partial charge in [-0.2, -0.15) is 5.10 Å². The van der Waals surface area contributed by atoms with Gasteiger partial charge in [0.15, 0.2) is 0 Å². The predicted octanol–water partition coefficient (Wildman–Crippen LogP) is 3.87. The SMILES string of the molecule is Cc1nn(CC(C)C)c2sc(C(=O)N[C@H](CN3CCOCC3)c3ccccc3)cc12. The molecule has 1 N–H and O–H groups in total. The second-order valence-corrected chi connectivity index (χ2v) is 9.37. The molecule has 0 spiro atoms. The molecule has 0 aliphatic carbocycles. The molecule has 1 aliphatic rings. The number of carbonyl (C=O) groups is 1.